The number of ether oxygens (including phenoxy) is 1. The van der Waals surface area contributed by atoms with Crippen LogP contribution >= 0.6 is 0 Å². The number of rotatable bonds is 4. The van der Waals surface area contributed by atoms with Crippen molar-refractivity contribution in [1.29, 1.82) is 0 Å². The summed E-state index contributed by atoms with van der Waals surface area (Å²) in [4.78, 5) is 12.2. The zero-order valence-electron chi connectivity index (χ0n) is 11.1. The molecule has 2 atom stereocenters. The molecular weight excluding hydrogens is 226 g/mol. The number of carbonyl (C=O) groups excluding carboxylic acids is 1. The number of benzene rings is 1. The Bertz CT molecular complexity index is 442. The molecule has 1 heterocycles. The van der Waals surface area contributed by atoms with Crippen LogP contribution in [0.15, 0.2) is 18.2 Å². The van der Waals surface area contributed by atoms with E-state index in [9.17, 15) is 4.79 Å². The van der Waals surface area contributed by atoms with Crippen LogP contribution in [0.25, 0.3) is 0 Å². The topological polar surface area (TPSA) is 52.3 Å². The van der Waals surface area contributed by atoms with E-state index in [2.05, 4.69) is 18.2 Å². The Balaban J connectivity index is 2.01. The molecule has 1 aliphatic heterocycles. The SMILES string of the molecule is Cc1ccc(C)c(CC(=O)C2CCC(CN)O2)c1. The van der Waals surface area contributed by atoms with E-state index in [4.69, 9.17) is 10.5 Å². The average Bonchev–Trinajstić information content (AvgIpc) is 2.82. The number of hydrogen-bond donors (Lipinski definition) is 1. The van der Waals surface area contributed by atoms with Crippen molar-refractivity contribution < 1.29 is 9.53 Å². The van der Waals surface area contributed by atoms with Gasteiger partial charge in [0, 0.05) is 13.0 Å². The van der Waals surface area contributed by atoms with Gasteiger partial charge in [0.05, 0.1) is 6.10 Å². The first-order valence-corrected chi connectivity index (χ1v) is 6.54. The highest BCUT2D eigenvalue weighted by Crippen LogP contribution is 2.22. The number of aryl methyl sites for hydroxylation is 2. The van der Waals surface area contributed by atoms with Gasteiger partial charge < -0.3 is 10.5 Å². The first-order chi connectivity index (χ1) is 8.60. The van der Waals surface area contributed by atoms with E-state index in [1.165, 1.54) is 11.1 Å². The van der Waals surface area contributed by atoms with E-state index in [1.807, 2.05) is 13.8 Å². The number of nitrogens with two attached hydrogens (primary N) is 1. The fraction of sp³-hybridized carbons (Fsp3) is 0.533. The molecule has 1 fully saturated rings. The van der Waals surface area contributed by atoms with Crippen molar-refractivity contribution in [3.8, 4) is 0 Å². The van der Waals surface area contributed by atoms with Gasteiger partial charge in [-0.25, -0.2) is 0 Å². The lowest BCUT2D eigenvalue weighted by molar-refractivity contribution is -0.128. The Morgan fingerprint density at radius 2 is 2.17 bits per heavy atom. The van der Waals surface area contributed by atoms with Gasteiger partial charge in [0.1, 0.15) is 6.10 Å². The van der Waals surface area contributed by atoms with Crippen molar-refractivity contribution in [1.82, 2.24) is 0 Å². The normalized spacial score (nSPS) is 23.3. The van der Waals surface area contributed by atoms with E-state index in [0.29, 0.717) is 13.0 Å². The molecule has 0 aliphatic carbocycles. The van der Waals surface area contributed by atoms with E-state index in [-0.39, 0.29) is 18.0 Å². The molecule has 1 aliphatic rings. The van der Waals surface area contributed by atoms with Crippen molar-refractivity contribution >= 4 is 5.78 Å². The summed E-state index contributed by atoms with van der Waals surface area (Å²) in [6.45, 7) is 4.59. The first kappa shape index (κ1) is 13.2. The molecule has 3 nitrogen and oxygen atoms in total. The fourth-order valence-electron chi connectivity index (χ4n) is 2.41. The number of carbonyl (C=O) groups is 1. The Labute approximate surface area is 108 Å². The van der Waals surface area contributed by atoms with E-state index >= 15 is 0 Å². The highest BCUT2D eigenvalue weighted by molar-refractivity contribution is 5.85. The first-order valence-electron chi connectivity index (χ1n) is 6.54. The minimum atomic E-state index is -0.251. The molecular formula is C15H21NO2. The van der Waals surface area contributed by atoms with Gasteiger partial charge in [-0.15, -0.1) is 0 Å². The molecule has 2 unspecified atom stereocenters. The molecule has 0 aromatic heterocycles. The van der Waals surface area contributed by atoms with Gasteiger partial charge in [0.2, 0.25) is 0 Å². The lowest BCUT2D eigenvalue weighted by atomic mass is 9.98. The van der Waals surface area contributed by atoms with Crippen molar-refractivity contribution in [3.63, 3.8) is 0 Å². The van der Waals surface area contributed by atoms with Crippen LogP contribution < -0.4 is 5.73 Å². The molecule has 1 aromatic rings. The van der Waals surface area contributed by atoms with E-state index in [1.54, 1.807) is 0 Å². The third kappa shape index (κ3) is 2.98. The van der Waals surface area contributed by atoms with Gasteiger partial charge in [-0.2, -0.15) is 0 Å². The quantitative estimate of drug-likeness (QED) is 0.884. The summed E-state index contributed by atoms with van der Waals surface area (Å²) in [5.41, 5.74) is 9.03. The molecule has 1 aromatic carbocycles. The van der Waals surface area contributed by atoms with Crippen LogP contribution in [0, 0.1) is 13.8 Å². The number of ketones is 1. The molecule has 98 valence electrons. The molecule has 2 N–H and O–H groups in total. The van der Waals surface area contributed by atoms with Gasteiger partial charge in [-0.05, 0) is 37.8 Å². The minimum absolute atomic E-state index is 0.0672. The molecule has 0 bridgehead atoms. The van der Waals surface area contributed by atoms with E-state index < -0.39 is 0 Å². The van der Waals surface area contributed by atoms with Crippen molar-refractivity contribution in [2.45, 2.75) is 45.3 Å². The predicted octanol–water partition coefficient (Wildman–Crippen LogP) is 1.92. The van der Waals surface area contributed by atoms with Gasteiger partial charge in [-0.1, -0.05) is 23.8 Å². The van der Waals surface area contributed by atoms with Crippen LogP contribution in [0.3, 0.4) is 0 Å². The molecule has 0 spiro atoms. The minimum Gasteiger partial charge on any atom is -0.366 e. The smallest absolute Gasteiger partial charge is 0.165 e. The van der Waals surface area contributed by atoms with Gasteiger partial charge in [0.15, 0.2) is 5.78 Å². The summed E-state index contributed by atoms with van der Waals surface area (Å²) < 4.78 is 5.64. The molecule has 3 heteroatoms. The molecule has 0 saturated carbocycles. The maximum atomic E-state index is 12.2. The second-order valence-electron chi connectivity index (χ2n) is 5.13. The highest BCUT2D eigenvalue weighted by atomic mass is 16.5. The summed E-state index contributed by atoms with van der Waals surface area (Å²) >= 11 is 0. The van der Waals surface area contributed by atoms with Crippen LogP contribution in [-0.2, 0) is 16.0 Å². The third-order valence-electron chi connectivity index (χ3n) is 3.60. The molecule has 0 amide bonds. The van der Waals surface area contributed by atoms with E-state index in [0.717, 1.165) is 18.4 Å². The van der Waals surface area contributed by atoms with Crippen molar-refractivity contribution in [3.05, 3.63) is 34.9 Å². The summed E-state index contributed by atoms with van der Waals surface area (Å²) in [6, 6.07) is 6.22. The van der Waals surface area contributed by atoms with Crippen molar-refractivity contribution in [2.75, 3.05) is 6.54 Å². The summed E-state index contributed by atoms with van der Waals surface area (Å²) in [5, 5.41) is 0. The summed E-state index contributed by atoms with van der Waals surface area (Å²) in [5.74, 6) is 0.180. The van der Waals surface area contributed by atoms with Gasteiger partial charge in [-0.3, -0.25) is 4.79 Å². The molecule has 0 radical (unpaired) electrons. The highest BCUT2D eigenvalue weighted by Gasteiger charge is 2.29. The second kappa shape index (κ2) is 5.63. The Morgan fingerprint density at radius 3 is 2.83 bits per heavy atom. The molecule has 18 heavy (non-hydrogen) atoms. The Morgan fingerprint density at radius 1 is 1.39 bits per heavy atom. The fourth-order valence-corrected chi connectivity index (χ4v) is 2.41. The Hall–Kier alpha value is -1.19. The van der Waals surface area contributed by atoms with Gasteiger partial charge >= 0.3 is 0 Å². The maximum Gasteiger partial charge on any atom is 0.165 e. The van der Waals surface area contributed by atoms with Gasteiger partial charge in [0.25, 0.3) is 0 Å². The van der Waals surface area contributed by atoms with Crippen LogP contribution in [0.5, 0.6) is 0 Å². The van der Waals surface area contributed by atoms with Crippen LogP contribution in [0.1, 0.15) is 29.5 Å². The molecule has 1 saturated heterocycles. The zero-order valence-corrected chi connectivity index (χ0v) is 11.1. The number of Topliss-reactive ketones (excluding diaryl/α,β-unsaturated/α-hetero) is 1. The third-order valence-corrected chi connectivity index (χ3v) is 3.60. The number of hydrogen-bond acceptors (Lipinski definition) is 3. The van der Waals surface area contributed by atoms with Crippen LogP contribution in [0.4, 0.5) is 0 Å². The maximum absolute atomic E-state index is 12.2. The Kier molecular flexibility index (Phi) is 4.15. The molecule has 2 rings (SSSR count). The lowest BCUT2D eigenvalue weighted by Gasteiger charge is -2.12. The monoisotopic (exact) mass is 247 g/mol. The largest absolute Gasteiger partial charge is 0.366 e. The average molecular weight is 247 g/mol. The summed E-state index contributed by atoms with van der Waals surface area (Å²) in [6.07, 6.45) is 2.00. The van der Waals surface area contributed by atoms with Crippen molar-refractivity contribution in [2.24, 2.45) is 5.73 Å². The standard InChI is InChI=1S/C15H21NO2/c1-10-3-4-11(2)12(7-10)8-14(17)15-6-5-13(9-16)18-15/h3-4,7,13,15H,5-6,8-9,16H2,1-2H3. The second-order valence-corrected chi connectivity index (χ2v) is 5.13. The van der Waals surface area contributed by atoms with Crippen LogP contribution in [0.2, 0.25) is 0 Å². The predicted molar refractivity (Wildman–Crippen MR) is 71.6 cm³/mol. The van der Waals surface area contributed by atoms with Crippen LogP contribution in [-0.4, -0.2) is 24.5 Å². The summed E-state index contributed by atoms with van der Waals surface area (Å²) in [7, 11) is 0. The zero-order chi connectivity index (χ0) is 13.1. The lowest BCUT2D eigenvalue weighted by Crippen LogP contribution is -2.26.